The zero-order valence-electron chi connectivity index (χ0n) is 13.1. The van der Waals surface area contributed by atoms with Crippen molar-refractivity contribution in [2.75, 3.05) is 7.11 Å². The molecule has 0 bridgehead atoms. The van der Waals surface area contributed by atoms with Gasteiger partial charge in [0.15, 0.2) is 5.65 Å². The number of ether oxygens (including phenoxy) is 1. The summed E-state index contributed by atoms with van der Waals surface area (Å²) in [4.78, 5) is 4.79. The number of fused-ring (bicyclic) bond motifs is 1. The fourth-order valence-electron chi connectivity index (χ4n) is 3.51. The third kappa shape index (κ3) is 2.27. The van der Waals surface area contributed by atoms with E-state index in [0.29, 0.717) is 6.04 Å². The van der Waals surface area contributed by atoms with Gasteiger partial charge < -0.3 is 9.30 Å². The molecule has 0 amide bonds. The molecule has 3 unspecified atom stereocenters. The highest BCUT2D eigenvalue weighted by Gasteiger charge is 2.34. The van der Waals surface area contributed by atoms with Gasteiger partial charge in [-0.3, -0.25) is 0 Å². The van der Waals surface area contributed by atoms with E-state index in [1.165, 1.54) is 6.42 Å². The SMILES string of the molecule is CCn1nc(C)c2nc(C(C)Cl)n(C3CCCC3OC)c21. The number of aromatic nitrogens is 4. The molecule has 5 nitrogen and oxygen atoms in total. The largest absolute Gasteiger partial charge is 0.379 e. The lowest BCUT2D eigenvalue weighted by molar-refractivity contribution is 0.0749. The highest BCUT2D eigenvalue weighted by molar-refractivity contribution is 6.20. The second-order valence-electron chi connectivity index (χ2n) is 5.80. The van der Waals surface area contributed by atoms with Gasteiger partial charge in [-0.25, -0.2) is 9.67 Å². The Hall–Kier alpha value is -1.07. The van der Waals surface area contributed by atoms with E-state index in [-0.39, 0.29) is 11.5 Å². The van der Waals surface area contributed by atoms with Crippen LogP contribution in [-0.4, -0.2) is 32.5 Å². The molecule has 3 atom stereocenters. The Morgan fingerprint density at radius 1 is 1.43 bits per heavy atom. The van der Waals surface area contributed by atoms with Crippen molar-refractivity contribution in [2.24, 2.45) is 0 Å². The number of rotatable bonds is 4. The Morgan fingerprint density at radius 2 is 2.19 bits per heavy atom. The topological polar surface area (TPSA) is 44.9 Å². The molecule has 2 heterocycles. The van der Waals surface area contributed by atoms with E-state index >= 15 is 0 Å². The van der Waals surface area contributed by atoms with Crippen LogP contribution in [0.2, 0.25) is 0 Å². The van der Waals surface area contributed by atoms with Gasteiger partial charge in [0, 0.05) is 13.7 Å². The molecule has 0 radical (unpaired) electrons. The summed E-state index contributed by atoms with van der Waals surface area (Å²) in [5.41, 5.74) is 3.03. The quantitative estimate of drug-likeness (QED) is 0.810. The summed E-state index contributed by atoms with van der Waals surface area (Å²) in [5.74, 6) is 0.934. The smallest absolute Gasteiger partial charge is 0.159 e. The molecule has 1 aliphatic carbocycles. The average Bonchev–Trinajstić information content (AvgIpc) is 3.12. The minimum atomic E-state index is -0.125. The first-order valence-corrected chi connectivity index (χ1v) is 8.14. The molecule has 21 heavy (non-hydrogen) atoms. The lowest BCUT2D eigenvalue weighted by Crippen LogP contribution is -2.23. The van der Waals surface area contributed by atoms with Crippen LogP contribution in [0.15, 0.2) is 0 Å². The number of nitrogens with zero attached hydrogens (tertiary/aromatic N) is 4. The third-order valence-corrected chi connectivity index (χ3v) is 4.67. The lowest BCUT2D eigenvalue weighted by Gasteiger charge is -2.23. The average molecular weight is 311 g/mol. The zero-order chi connectivity index (χ0) is 15.1. The standard InChI is InChI=1S/C15H23ClN4O/c1-5-19-15-13(10(3)18-19)17-14(9(2)16)20(15)11-7-6-8-12(11)21-4/h9,11-12H,5-8H2,1-4H3. The summed E-state index contributed by atoms with van der Waals surface area (Å²) < 4.78 is 10.0. The summed E-state index contributed by atoms with van der Waals surface area (Å²) in [6, 6.07) is 0.303. The minimum Gasteiger partial charge on any atom is -0.379 e. The van der Waals surface area contributed by atoms with Crippen molar-refractivity contribution in [2.45, 2.75) is 64.1 Å². The fourth-order valence-corrected chi connectivity index (χ4v) is 3.66. The molecular weight excluding hydrogens is 288 g/mol. The second-order valence-corrected chi connectivity index (χ2v) is 6.46. The lowest BCUT2D eigenvalue weighted by atomic mass is 10.2. The number of aryl methyl sites for hydroxylation is 2. The third-order valence-electron chi connectivity index (χ3n) is 4.48. The first kappa shape index (κ1) is 14.9. The van der Waals surface area contributed by atoms with E-state index in [0.717, 1.165) is 42.1 Å². The minimum absolute atomic E-state index is 0.125. The van der Waals surface area contributed by atoms with E-state index in [1.54, 1.807) is 7.11 Å². The van der Waals surface area contributed by atoms with Gasteiger partial charge >= 0.3 is 0 Å². The molecule has 3 rings (SSSR count). The van der Waals surface area contributed by atoms with E-state index in [9.17, 15) is 0 Å². The van der Waals surface area contributed by atoms with Crippen LogP contribution < -0.4 is 0 Å². The van der Waals surface area contributed by atoms with E-state index in [1.807, 2.05) is 18.5 Å². The van der Waals surface area contributed by atoms with Gasteiger partial charge in [0.05, 0.1) is 23.2 Å². The van der Waals surface area contributed by atoms with Gasteiger partial charge in [0.1, 0.15) is 11.3 Å². The van der Waals surface area contributed by atoms with E-state index in [2.05, 4.69) is 16.6 Å². The molecule has 2 aromatic heterocycles. The summed E-state index contributed by atoms with van der Waals surface area (Å²) in [7, 11) is 1.79. The van der Waals surface area contributed by atoms with Crippen molar-refractivity contribution < 1.29 is 4.74 Å². The predicted octanol–water partition coefficient (Wildman–Crippen LogP) is 3.60. The molecule has 1 fully saturated rings. The second kappa shape index (κ2) is 5.61. The number of hydrogen-bond donors (Lipinski definition) is 0. The molecule has 0 saturated heterocycles. The molecular formula is C15H23ClN4O. The summed E-state index contributed by atoms with van der Waals surface area (Å²) in [6.45, 7) is 6.93. The molecule has 2 aromatic rings. The van der Waals surface area contributed by atoms with Crippen molar-refractivity contribution in [3.05, 3.63) is 11.5 Å². The maximum atomic E-state index is 6.40. The Balaban J connectivity index is 2.24. The van der Waals surface area contributed by atoms with Gasteiger partial charge in [-0.05, 0) is 40.0 Å². The van der Waals surface area contributed by atoms with Crippen molar-refractivity contribution >= 4 is 22.8 Å². The van der Waals surface area contributed by atoms with Crippen LogP contribution in [0.5, 0.6) is 0 Å². The summed E-state index contributed by atoms with van der Waals surface area (Å²) >= 11 is 6.40. The molecule has 0 N–H and O–H groups in total. The van der Waals surface area contributed by atoms with Gasteiger partial charge in [0.2, 0.25) is 0 Å². The van der Waals surface area contributed by atoms with Crippen LogP contribution in [0, 0.1) is 6.92 Å². The van der Waals surface area contributed by atoms with Crippen LogP contribution >= 0.6 is 11.6 Å². The Labute approximate surface area is 130 Å². The highest BCUT2D eigenvalue weighted by Crippen LogP contribution is 2.38. The van der Waals surface area contributed by atoms with Crippen molar-refractivity contribution in [1.29, 1.82) is 0 Å². The van der Waals surface area contributed by atoms with Crippen LogP contribution in [0.3, 0.4) is 0 Å². The molecule has 116 valence electrons. The van der Waals surface area contributed by atoms with Crippen LogP contribution in [-0.2, 0) is 11.3 Å². The number of alkyl halides is 1. The van der Waals surface area contributed by atoms with Crippen LogP contribution in [0.25, 0.3) is 11.2 Å². The van der Waals surface area contributed by atoms with Gasteiger partial charge in [-0.15, -0.1) is 11.6 Å². The van der Waals surface area contributed by atoms with E-state index < -0.39 is 0 Å². The molecule has 6 heteroatoms. The fraction of sp³-hybridized carbons (Fsp3) is 0.733. The molecule has 1 aliphatic rings. The number of halogens is 1. The number of imidazole rings is 1. The Morgan fingerprint density at radius 3 is 2.81 bits per heavy atom. The number of hydrogen-bond acceptors (Lipinski definition) is 3. The predicted molar refractivity (Wildman–Crippen MR) is 83.9 cm³/mol. The van der Waals surface area contributed by atoms with Crippen molar-refractivity contribution in [3.63, 3.8) is 0 Å². The van der Waals surface area contributed by atoms with Crippen LogP contribution in [0.1, 0.15) is 56.0 Å². The molecule has 0 aromatic carbocycles. The van der Waals surface area contributed by atoms with Gasteiger partial charge in [-0.1, -0.05) is 0 Å². The maximum absolute atomic E-state index is 6.40. The Kier molecular flexibility index (Phi) is 3.97. The highest BCUT2D eigenvalue weighted by atomic mass is 35.5. The van der Waals surface area contributed by atoms with E-state index in [4.69, 9.17) is 21.3 Å². The van der Waals surface area contributed by atoms with Crippen LogP contribution in [0.4, 0.5) is 0 Å². The Bertz CT molecular complexity index is 646. The van der Waals surface area contributed by atoms with Gasteiger partial charge in [0.25, 0.3) is 0 Å². The molecule has 0 aliphatic heterocycles. The summed E-state index contributed by atoms with van der Waals surface area (Å²) in [5, 5.41) is 4.48. The molecule has 0 spiro atoms. The maximum Gasteiger partial charge on any atom is 0.159 e. The first-order chi connectivity index (χ1) is 10.1. The number of methoxy groups -OCH3 is 1. The molecule has 1 saturated carbocycles. The zero-order valence-corrected chi connectivity index (χ0v) is 13.9. The first-order valence-electron chi connectivity index (χ1n) is 7.70. The summed E-state index contributed by atoms with van der Waals surface area (Å²) in [6.07, 6.45) is 3.61. The van der Waals surface area contributed by atoms with Crippen molar-refractivity contribution in [3.8, 4) is 0 Å². The monoisotopic (exact) mass is 310 g/mol. The van der Waals surface area contributed by atoms with Crippen molar-refractivity contribution in [1.82, 2.24) is 19.3 Å². The van der Waals surface area contributed by atoms with Gasteiger partial charge in [-0.2, -0.15) is 5.10 Å². The normalized spacial score (nSPS) is 24.0.